The van der Waals surface area contributed by atoms with Crippen LogP contribution in [-0.4, -0.2) is 30.6 Å². The minimum absolute atomic E-state index is 0.0195. The van der Waals surface area contributed by atoms with Gasteiger partial charge in [0.2, 0.25) is 0 Å². The summed E-state index contributed by atoms with van der Waals surface area (Å²) in [4.78, 5) is 23.3. The van der Waals surface area contributed by atoms with Crippen molar-refractivity contribution in [2.75, 3.05) is 13.2 Å². The lowest BCUT2D eigenvalue weighted by molar-refractivity contribution is -0.135. The molecule has 0 amide bonds. The number of hydrogen-bond donors (Lipinski definition) is 1. The van der Waals surface area contributed by atoms with Gasteiger partial charge in [-0.1, -0.05) is 11.6 Å². The van der Waals surface area contributed by atoms with E-state index in [0.29, 0.717) is 18.1 Å². The van der Waals surface area contributed by atoms with Gasteiger partial charge in [0.15, 0.2) is 5.78 Å². The monoisotopic (exact) mass is 324 g/mol. The highest BCUT2D eigenvalue weighted by atomic mass is 35.5. The van der Waals surface area contributed by atoms with Crippen molar-refractivity contribution in [3.05, 3.63) is 33.8 Å². The number of nitrogens with one attached hydrogen (secondary N) is 1. The van der Waals surface area contributed by atoms with E-state index in [0.717, 1.165) is 16.7 Å². The topological polar surface area (TPSA) is 67.8 Å². The Balaban J connectivity index is 2.58. The minimum Gasteiger partial charge on any atom is -0.461 e. The van der Waals surface area contributed by atoms with Crippen LogP contribution in [0, 0.1) is 13.8 Å². The lowest BCUT2D eigenvalue weighted by atomic mass is 9.98. The number of halogens is 1. The van der Waals surface area contributed by atoms with Crippen LogP contribution in [0.25, 0.3) is 0 Å². The Morgan fingerprint density at radius 2 is 1.86 bits per heavy atom. The second kappa shape index (κ2) is 8.54. The van der Waals surface area contributed by atoms with Gasteiger partial charge in [-0.05, 0) is 56.5 Å². The van der Waals surface area contributed by atoms with Crippen molar-refractivity contribution in [1.29, 1.82) is 0 Å². The second-order valence-corrected chi connectivity index (χ2v) is 5.42. The normalized spacial score (nSPS) is 11.2. The third-order valence-electron chi connectivity index (χ3n) is 3.13. The number of ether oxygens (including phenoxy) is 1. The van der Waals surface area contributed by atoms with E-state index in [1.165, 1.54) is 6.92 Å². The molecule has 5 nitrogen and oxygen atoms in total. The van der Waals surface area contributed by atoms with Crippen LogP contribution in [0.4, 0.5) is 0 Å². The maximum Gasteiger partial charge on any atom is 0.354 e. The maximum atomic E-state index is 12.0. The summed E-state index contributed by atoms with van der Waals surface area (Å²) in [5.41, 5.74) is 5.75. The number of rotatable bonds is 7. The molecule has 1 aromatic carbocycles. The lowest BCUT2D eigenvalue weighted by Crippen LogP contribution is -2.24. The molecule has 0 fully saturated rings. The summed E-state index contributed by atoms with van der Waals surface area (Å²) >= 11 is 5.97. The van der Waals surface area contributed by atoms with Crippen molar-refractivity contribution < 1.29 is 14.3 Å². The maximum absolute atomic E-state index is 12.0. The average Bonchev–Trinajstić information content (AvgIpc) is 2.43. The van der Waals surface area contributed by atoms with Crippen LogP contribution in [0.5, 0.6) is 0 Å². The van der Waals surface area contributed by atoms with Gasteiger partial charge < -0.3 is 10.2 Å². The summed E-state index contributed by atoms with van der Waals surface area (Å²) in [5.74, 6) is -0.513. The molecule has 0 heterocycles. The van der Waals surface area contributed by atoms with E-state index in [-0.39, 0.29) is 18.0 Å². The number of benzene rings is 1. The smallest absolute Gasteiger partial charge is 0.354 e. The Hall–Kier alpha value is -1.88. The van der Waals surface area contributed by atoms with Gasteiger partial charge in [-0.25, -0.2) is 4.79 Å². The summed E-state index contributed by atoms with van der Waals surface area (Å²) in [6.07, 6.45) is 0.301. The first kappa shape index (κ1) is 18.2. The zero-order valence-electron chi connectivity index (χ0n) is 13.3. The highest BCUT2D eigenvalue weighted by Crippen LogP contribution is 2.20. The Morgan fingerprint density at radius 3 is 2.41 bits per heavy atom. The summed E-state index contributed by atoms with van der Waals surface area (Å²) < 4.78 is 4.79. The van der Waals surface area contributed by atoms with E-state index in [1.54, 1.807) is 6.92 Å². The summed E-state index contributed by atoms with van der Waals surface area (Å²) in [6.45, 7) is 7.45. The van der Waals surface area contributed by atoms with Gasteiger partial charge >= 0.3 is 5.97 Å². The van der Waals surface area contributed by atoms with Crippen LogP contribution in [0.15, 0.2) is 17.2 Å². The molecule has 0 bridgehead atoms. The molecule has 0 aliphatic carbocycles. The molecular formula is C16H21ClN2O3. The fourth-order valence-corrected chi connectivity index (χ4v) is 2.33. The number of nitrogens with zero attached hydrogens (tertiary/aromatic N) is 1. The molecule has 0 aliphatic heterocycles. The number of ketones is 1. The number of esters is 1. The van der Waals surface area contributed by atoms with E-state index < -0.39 is 5.97 Å². The first-order valence-electron chi connectivity index (χ1n) is 7.06. The zero-order valence-corrected chi connectivity index (χ0v) is 14.1. The van der Waals surface area contributed by atoms with Gasteiger partial charge in [0, 0.05) is 11.4 Å². The molecule has 0 saturated carbocycles. The predicted octanol–water partition coefficient (Wildman–Crippen LogP) is 2.60. The Kier molecular flexibility index (Phi) is 7.05. The van der Waals surface area contributed by atoms with Crippen molar-refractivity contribution in [2.24, 2.45) is 5.10 Å². The number of aryl methyl sites for hydroxylation is 2. The highest BCUT2D eigenvalue weighted by molar-refractivity contribution is 6.35. The molecule has 0 unspecified atom stereocenters. The summed E-state index contributed by atoms with van der Waals surface area (Å²) in [6, 6.07) is 3.68. The van der Waals surface area contributed by atoms with Gasteiger partial charge in [0.25, 0.3) is 0 Å². The Labute approximate surface area is 135 Å². The van der Waals surface area contributed by atoms with Gasteiger partial charge in [-0.2, -0.15) is 5.10 Å². The van der Waals surface area contributed by atoms with Crippen molar-refractivity contribution in [3.63, 3.8) is 0 Å². The fourth-order valence-electron chi connectivity index (χ4n) is 2.01. The largest absolute Gasteiger partial charge is 0.461 e. The number of hydrazone groups is 1. The molecular weight excluding hydrogens is 304 g/mol. The number of hydrogen-bond acceptors (Lipinski definition) is 5. The lowest BCUT2D eigenvalue weighted by Gasteiger charge is -2.10. The summed E-state index contributed by atoms with van der Waals surface area (Å²) in [7, 11) is 0. The van der Waals surface area contributed by atoms with Gasteiger partial charge in [0.05, 0.1) is 13.2 Å². The molecule has 0 aromatic heterocycles. The minimum atomic E-state index is -0.494. The van der Waals surface area contributed by atoms with Crippen LogP contribution in [0.2, 0.25) is 5.02 Å². The molecule has 0 radical (unpaired) electrons. The molecule has 1 rings (SSSR count). The fraction of sp³-hybridized carbons (Fsp3) is 0.438. The van der Waals surface area contributed by atoms with Crippen molar-refractivity contribution in [3.8, 4) is 0 Å². The molecule has 0 saturated heterocycles. The zero-order chi connectivity index (χ0) is 16.7. The first-order chi connectivity index (χ1) is 10.3. The van der Waals surface area contributed by atoms with Crippen LogP contribution in [0.3, 0.4) is 0 Å². The SMILES string of the molecule is CCOC(=O)/C(C)=N\NCC(=O)Cc1c(C)cc(Cl)cc1C. The van der Waals surface area contributed by atoms with Crippen LogP contribution in [0.1, 0.15) is 30.5 Å². The third-order valence-corrected chi connectivity index (χ3v) is 3.35. The first-order valence-corrected chi connectivity index (χ1v) is 7.44. The van der Waals surface area contributed by atoms with Crippen molar-refractivity contribution >= 4 is 29.1 Å². The second-order valence-electron chi connectivity index (χ2n) is 4.99. The standard InChI is InChI=1S/C16H21ClN2O3/c1-5-22-16(21)12(4)19-18-9-14(20)8-15-10(2)6-13(17)7-11(15)3/h6-7,18H,5,8-9H2,1-4H3/b19-12-. The van der Waals surface area contributed by atoms with E-state index in [2.05, 4.69) is 10.5 Å². The molecule has 22 heavy (non-hydrogen) atoms. The van der Waals surface area contributed by atoms with Gasteiger partial charge in [0.1, 0.15) is 5.71 Å². The predicted molar refractivity (Wildman–Crippen MR) is 87.4 cm³/mol. The van der Waals surface area contributed by atoms with E-state index >= 15 is 0 Å². The van der Waals surface area contributed by atoms with E-state index in [4.69, 9.17) is 16.3 Å². The van der Waals surface area contributed by atoms with Crippen LogP contribution in [-0.2, 0) is 20.7 Å². The molecule has 0 aliphatic rings. The number of carbonyl (C=O) groups is 2. The van der Waals surface area contributed by atoms with Crippen LogP contribution >= 0.6 is 11.6 Å². The van der Waals surface area contributed by atoms with Crippen LogP contribution < -0.4 is 5.43 Å². The molecule has 120 valence electrons. The molecule has 1 N–H and O–H groups in total. The van der Waals surface area contributed by atoms with E-state index in [1.807, 2.05) is 26.0 Å². The van der Waals surface area contributed by atoms with Gasteiger partial charge in [-0.3, -0.25) is 4.79 Å². The summed E-state index contributed by atoms with van der Waals surface area (Å²) in [5, 5.41) is 4.50. The third kappa shape index (κ3) is 5.48. The Morgan fingerprint density at radius 1 is 1.27 bits per heavy atom. The molecule has 0 spiro atoms. The van der Waals surface area contributed by atoms with Crippen molar-refractivity contribution in [1.82, 2.24) is 5.43 Å². The quantitative estimate of drug-likeness (QED) is 0.475. The van der Waals surface area contributed by atoms with Gasteiger partial charge in [-0.15, -0.1) is 0 Å². The molecule has 6 heteroatoms. The number of Topliss-reactive ketones (excluding diaryl/α,β-unsaturated/α-hetero) is 1. The Bertz CT molecular complexity index is 574. The average molecular weight is 325 g/mol. The van der Waals surface area contributed by atoms with Crippen molar-refractivity contribution in [2.45, 2.75) is 34.1 Å². The molecule has 1 aromatic rings. The number of carbonyl (C=O) groups excluding carboxylic acids is 2. The van der Waals surface area contributed by atoms with E-state index in [9.17, 15) is 9.59 Å². The molecule has 0 atom stereocenters. The highest BCUT2D eigenvalue weighted by Gasteiger charge is 2.10.